The number of carbonyl (C=O) groups is 1. The van der Waals surface area contributed by atoms with Crippen LogP contribution in [0.5, 0.6) is 0 Å². The average Bonchev–Trinajstić information content (AvgIpc) is 3.15. The smallest absolute Gasteiger partial charge is 0.251 e. The summed E-state index contributed by atoms with van der Waals surface area (Å²) in [6.07, 6.45) is 5.36. The minimum absolute atomic E-state index is 0.108. The first kappa shape index (κ1) is 16.0. The van der Waals surface area contributed by atoms with E-state index in [-0.39, 0.29) is 5.91 Å². The molecule has 2 aromatic carbocycles. The van der Waals surface area contributed by atoms with Crippen molar-refractivity contribution in [3.8, 4) is 5.69 Å². The van der Waals surface area contributed by atoms with Crippen molar-refractivity contribution in [3.63, 3.8) is 0 Å². The predicted molar refractivity (Wildman–Crippen MR) is 91.9 cm³/mol. The highest BCUT2D eigenvalue weighted by molar-refractivity contribution is 5.95. The number of imidazole rings is 1. The summed E-state index contributed by atoms with van der Waals surface area (Å²) < 4.78 is 7.09. The Labute approximate surface area is 140 Å². The van der Waals surface area contributed by atoms with Gasteiger partial charge in [-0.15, -0.1) is 0 Å². The molecule has 0 aliphatic carbocycles. The molecule has 0 spiro atoms. The zero-order valence-corrected chi connectivity index (χ0v) is 13.5. The minimum Gasteiger partial charge on any atom is -0.380 e. The second-order valence-electron chi connectivity index (χ2n) is 5.37. The van der Waals surface area contributed by atoms with E-state index in [1.54, 1.807) is 19.6 Å². The maximum atomic E-state index is 12.5. The van der Waals surface area contributed by atoms with E-state index in [4.69, 9.17) is 4.74 Å². The molecule has 1 N–H and O–H groups in total. The van der Waals surface area contributed by atoms with Gasteiger partial charge in [-0.3, -0.25) is 4.79 Å². The number of nitrogens with zero attached hydrogens (tertiary/aromatic N) is 2. The van der Waals surface area contributed by atoms with Crippen LogP contribution in [0.15, 0.2) is 67.3 Å². The fourth-order valence-electron chi connectivity index (χ4n) is 2.61. The first-order chi connectivity index (χ1) is 11.8. The van der Waals surface area contributed by atoms with Crippen LogP contribution in [0.25, 0.3) is 5.69 Å². The molecule has 3 aromatic rings. The Bertz CT molecular complexity index is 813. The van der Waals surface area contributed by atoms with Gasteiger partial charge in [0.1, 0.15) is 0 Å². The van der Waals surface area contributed by atoms with E-state index in [0.29, 0.717) is 18.7 Å². The largest absolute Gasteiger partial charge is 0.380 e. The molecule has 0 aliphatic rings. The van der Waals surface area contributed by atoms with Crippen LogP contribution >= 0.6 is 0 Å². The van der Waals surface area contributed by atoms with Crippen LogP contribution in [0.1, 0.15) is 21.5 Å². The molecule has 0 aliphatic heterocycles. The normalized spacial score (nSPS) is 10.5. The molecule has 0 radical (unpaired) electrons. The molecule has 0 saturated heterocycles. The SMILES string of the molecule is COCc1ccccc1C(=O)NCc1ccccc1-n1ccnc1. The maximum Gasteiger partial charge on any atom is 0.251 e. The minimum atomic E-state index is -0.108. The number of carbonyl (C=O) groups excluding carboxylic acids is 1. The summed E-state index contributed by atoms with van der Waals surface area (Å²) in [6.45, 7) is 0.851. The van der Waals surface area contributed by atoms with E-state index in [0.717, 1.165) is 16.8 Å². The van der Waals surface area contributed by atoms with Crippen molar-refractivity contribution < 1.29 is 9.53 Å². The first-order valence-electron chi connectivity index (χ1n) is 7.71. The van der Waals surface area contributed by atoms with Gasteiger partial charge < -0.3 is 14.6 Å². The van der Waals surface area contributed by atoms with Gasteiger partial charge in [0.2, 0.25) is 0 Å². The second kappa shape index (κ2) is 7.57. The number of hydrogen-bond acceptors (Lipinski definition) is 3. The Morgan fingerprint density at radius 3 is 2.62 bits per heavy atom. The second-order valence-corrected chi connectivity index (χ2v) is 5.37. The molecule has 0 atom stereocenters. The summed E-state index contributed by atoms with van der Waals surface area (Å²) in [7, 11) is 1.62. The summed E-state index contributed by atoms with van der Waals surface area (Å²) in [5.41, 5.74) is 3.54. The van der Waals surface area contributed by atoms with E-state index in [2.05, 4.69) is 10.3 Å². The summed E-state index contributed by atoms with van der Waals surface area (Å²) >= 11 is 0. The molecule has 122 valence electrons. The maximum absolute atomic E-state index is 12.5. The molecule has 0 saturated carbocycles. The van der Waals surface area contributed by atoms with Gasteiger partial charge in [0.25, 0.3) is 5.91 Å². The standard InChI is InChI=1S/C19H19N3O2/c1-24-13-16-7-2-4-8-17(16)19(23)21-12-15-6-3-5-9-18(15)22-11-10-20-14-22/h2-11,14H,12-13H2,1H3,(H,21,23). The van der Waals surface area contributed by atoms with Crippen molar-refractivity contribution in [2.45, 2.75) is 13.2 Å². The third-order valence-corrected chi connectivity index (χ3v) is 3.78. The highest BCUT2D eigenvalue weighted by atomic mass is 16.5. The molecule has 0 fully saturated rings. The molecule has 3 rings (SSSR count). The number of amides is 1. The summed E-state index contributed by atoms with van der Waals surface area (Å²) in [5.74, 6) is -0.108. The highest BCUT2D eigenvalue weighted by Gasteiger charge is 2.11. The number of ether oxygens (including phenoxy) is 1. The Kier molecular flexibility index (Phi) is 5.03. The van der Waals surface area contributed by atoms with Crippen molar-refractivity contribution in [2.24, 2.45) is 0 Å². The van der Waals surface area contributed by atoms with Crippen molar-refractivity contribution >= 4 is 5.91 Å². The molecule has 5 heteroatoms. The summed E-state index contributed by atoms with van der Waals surface area (Å²) in [4.78, 5) is 16.6. The third-order valence-electron chi connectivity index (χ3n) is 3.78. The van der Waals surface area contributed by atoms with Gasteiger partial charge in [0.15, 0.2) is 0 Å². The van der Waals surface area contributed by atoms with Crippen molar-refractivity contribution in [2.75, 3.05) is 7.11 Å². The predicted octanol–water partition coefficient (Wildman–Crippen LogP) is 2.95. The van der Waals surface area contributed by atoms with Crippen LogP contribution in [-0.4, -0.2) is 22.6 Å². The number of rotatable bonds is 6. The fraction of sp³-hybridized carbons (Fsp3) is 0.158. The molecular formula is C19H19N3O2. The zero-order chi connectivity index (χ0) is 16.8. The summed E-state index contributed by atoms with van der Waals surface area (Å²) in [5, 5.41) is 2.99. The van der Waals surface area contributed by atoms with Crippen LogP contribution in [0.3, 0.4) is 0 Å². The Morgan fingerprint density at radius 1 is 1.12 bits per heavy atom. The van der Waals surface area contributed by atoms with E-state index in [1.807, 2.05) is 59.3 Å². The van der Waals surface area contributed by atoms with Crippen LogP contribution in [0.4, 0.5) is 0 Å². The molecule has 1 heterocycles. The van der Waals surface area contributed by atoms with E-state index in [9.17, 15) is 4.79 Å². The van der Waals surface area contributed by atoms with Gasteiger partial charge in [-0.25, -0.2) is 4.98 Å². The lowest BCUT2D eigenvalue weighted by atomic mass is 10.1. The van der Waals surface area contributed by atoms with E-state index >= 15 is 0 Å². The van der Waals surface area contributed by atoms with Gasteiger partial charge in [-0.1, -0.05) is 36.4 Å². The van der Waals surface area contributed by atoms with E-state index < -0.39 is 0 Å². The lowest BCUT2D eigenvalue weighted by molar-refractivity contribution is 0.0946. The lowest BCUT2D eigenvalue weighted by Crippen LogP contribution is -2.24. The molecule has 5 nitrogen and oxygen atoms in total. The number of nitrogens with one attached hydrogen (secondary N) is 1. The number of aromatic nitrogens is 2. The molecular weight excluding hydrogens is 302 g/mol. The fourth-order valence-corrected chi connectivity index (χ4v) is 2.61. The van der Waals surface area contributed by atoms with Gasteiger partial charge in [0.05, 0.1) is 18.6 Å². The quantitative estimate of drug-likeness (QED) is 0.759. The number of methoxy groups -OCH3 is 1. The third kappa shape index (κ3) is 3.52. The molecule has 0 unspecified atom stereocenters. The van der Waals surface area contributed by atoms with Crippen molar-refractivity contribution in [1.82, 2.24) is 14.9 Å². The monoisotopic (exact) mass is 321 g/mol. The number of benzene rings is 2. The number of para-hydroxylation sites is 1. The van der Waals surface area contributed by atoms with Crippen LogP contribution < -0.4 is 5.32 Å². The highest BCUT2D eigenvalue weighted by Crippen LogP contribution is 2.15. The van der Waals surface area contributed by atoms with Gasteiger partial charge >= 0.3 is 0 Å². The molecule has 24 heavy (non-hydrogen) atoms. The van der Waals surface area contributed by atoms with Crippen LogP contribution in [-0.2, 0) is 17.9 Å². The molecule has 1 amide bonds. The van der Waals surface area contributed by atoms with Gasteiger partial charge in [-0.2, -0.15) is 0 Å². The zero-order valence-electron chi connectivity index (χ0n) is 13.5. The van der Waals surface area contributed by atoms with Crippen LogP contribution in [0.2, 0.25) is 0 Å². The molecule has 1 aromatic heterocycles. The average molecular weight is 321 g/mol. The topological polar surface area (TPSA) is 56.1 Å². The Morgan fingerprint density at radius 2 is 1.88 bits per heavy atom. The lowest BCUT2D eigenvalue weighted by Gasteiger charge is -2.13. The number of hydrogen-bond donors (Lipinski definition) is 1. The van der Waals surface area contributed by atoms with Crippen LogP contribution in [0, 0.1) is 0 Å². The summed E-state index contributed by atoms with van der Waals surface area (Å²) in [6, 6.07) is 15.4. The van der Waals surface area contributed by atoms with Crippen molar-refractivity contribution in [1.29, 1.82) is 0 Å². The van der Waals surface area contributed by atoms with Gasteiger partial charge in [-0.05, 0) is 23.3 Å². The molecule has 0 bridgehead atoms. The van der Waals surface area contributed by atoms with Gasteiger partial charge in [0, 0.05) is 31.6 Å². The Hall–Kier alpha value is -2.92. The van der Waals surface area contributed by atoms with Crippen molar-refractivity contribution in [3.05, 3.63) is 83.9 Å². The Balaban J connectivity index is 1.76. The first-order valence-corrected chi connectivity index (χ1v) is 7.71. The van der Waals surface area contributed by atoms with E-state index in [1.165, 1.54) is 0 Å².